The molecule has 4 nitrogen and oxygen atoms in total. The van der Waals surface area contributed by atoms with Gasteiger partial charge in [0.1, 0.15) is 5.58 Å². The van der Waals surface area contributed by atoms with Crippen LogP contribution < -0.4 is 11.3 Å². The maximum absolute atomic E-state index is 5.65. The fourth-order valence-electron chi connectivity index (χ4n) is 2.17. The molecule has 0 saturated carbocycles. The van der Waals surface area contributed by atoms with Crippen molar-refractivity contribution >= 4 is 11.0 Å². The fourth-order valence-corrected chi connectivity index (χ4v) is 2.17. The van der Waals surface area contributed by atoms with Gasteiger partial charge in [0.2, 0.25) is 0 Å². The molecule has 0 bridgehead atoms. The molecule has 0 spiro atoms. The second kappa shape index (κ2) is 4.68. The standard InChI is InChI=1S/C14H14N2O2/c15-16-13(7-10-5-6-17-8-10)12-9-18-14-4-2-1-3-11(12)14/h1-6,8-9,13,16H,7,15H2. The third-order valence-corrected chi connectivity index (χ3v) is 3.11. The molecule has 3 rings (SSSR count). The van der Waals surface area contributed by atoms with E-state index >= 15 is 0 Å². The predicted octanol–water partition coefficient (Wildman–Crippen LogP) is 2.77. The molecule has 3 aromatic rings. The Bertz CT molecular complexity index is 628. The summed E-state index contributed by atoms with van der Waals surface area (Å²) < 4.78 is 10.6. The van der Waals surface area contributed by atoms with Gasteiger partial charge < -0.3 is 8.83 Å². The number of benzene rings is 1. The van der Waals surface area contributed by atoms with Gasteiger partial charge in [-0.25, -0.2) is 0 Å². The molecule has 0 radical (unpaired) electrons. The average Bonchev–Trinajstić information content (AvgIpc) is 3.05. The van der Waals surface area contributed by atoms with Crippen molar-refractivity contribution in [2.45, 2.75) is 12.5 Å². The quantitative estimate of drug-likeness (QED) is 0.545. The summed E-state index contributed by atoms with van der Waals surface area (Å²) in [6.07, 6.45) is 5.91. The van der Waals surface area contributed by atoms with Crippen LogP contribution in [-0.2, 0) is 6.42 Å². The van der Waals surface area contributed by atoms with Crippen LogP contribution in [0.5, 0.6) is 0 Å². The van der Waals surface area contributed by atoms with E-state index in [-0.39, 0.29) is 6.04 Å². The van der Waals surface area contributed by atoms with Gasteiger partial charge in [0, 0.05) is 10.9 Å². The van der Waals surface area contributed by atoms with Crippen molar-refractivity contribution in [3.8, 4) is 0 Å². The average molecular weight is 242 g/mol. The first-order valence-electron chi connectivity index (χ1n) is 5.82. The number of fused-ring (bicyclic) bond motifs is 1. The van der Waals surface area contributed by atoms with Crippen LogP contribution >= 0.6 is 0 Å². The Kier molecular flexibility index (Phi) is 2.88. The van der Waals surface area contributed by atoms with E-state index in [0.717, 1.165) is 28.5 Å². The molecule has 2 aromatic heterocycles. The lowest BCUT2D eigenvalue weighted by molar-refractivity contribution is 0.527. The summed E-state index contributed by atoms with van der Waals surface area (Å²) in [5, 5.41) is 1.09. The van der Waals surface area contributed by atoms with Crippen molar-refractivity contribution in [2.75, 3.05) is 0 Å². The van der Waals surface area contributed by atoms with Crippen molar-refractivity contribution in [3.63, 3.8) is 0 Å². The number of hydrogen-bond donors (Lipinski definition) is 2. The Balaban J connectivity index is 1.96. The van der Waals surface area contributed by atoms with E-state index < -0.39 is 0 Å². The van der Waals surface area contributed by atoms with Gasteiger partial charge in [-0.3, -0.25) is 11.3 Å². The van der Waals surface area contributed by atoms with Gasteiger partial charge in [-0.05, 0) is 24.1 Å². The first kappa shape index (κ1) is 11.1. The highest BCUT2D eigenvalue weighted by molar-refractivity contribution is 5.81. The summed E-state index contributed by atoms with van der Waals surface area (Å²) in [6.45, 7) is 0. The Hall–Kier alpha value is -2.04. The molecular formula is C14H14N2O2. The Morgan fingerprint density at radius 3 is 2.83 bits per heavy atom. The maximum Gasteiger partial charge on any atom is 0.134 e. The van der Waals surface area contributed by atoms with E-state index in [1.165, 1.54) is 0 Å². The van der Waals surface area contributed by atoms with E-state index in [9.17, 15) is 0 Å². The lowest BCUT2D eigenvalue weighted by atomic mass is 10.0. The zero-order valence-electron chi connectivity index (χ0n) is 9.80. The number of hydrogen-bond acceptors (Lipinski definition) is 4. The van der Waals surface area contributed by atoms with Crippen LogP contribution in [0.1, 0.15) is 17.2 Å². The van der Waals surface area contributed by atoms with Gasteiger partial charge in [-0.2, -0.15) is 0 Å². The molecule has 0 aliphatic carbocycles. The molecule has 0 aliphatic heterocycles. The number of para-hydroxylation sites is 1. The lowest BCUT2D eigenvalue weighted by Crippen LogP contribution is -2.29. The predicted molar refractivity (Wildman–Crippen MR) is 68.7 cm³/mol. The highest BCUT2D eigenvalue weighted by atomic mass is 16.3. The molecule has 92 valence electrons. The van der Waals surface area contributed by atoms with E-state index in [4.69, 9.17) is 14.7 Å². The second-order valence-corrected chi connectivity index (χ2v) is 4.24. The number of hydrazine groups is 1. The summed E-state index contributed by atoms with van der Waals surface area (Å²) in [5.74, 6) is 5.65. The van der Waals surface area contributed by atoms with Crippen LogP contribution in [0.15, 0.2) is 58.0 Å². The summed E-state index contributed by atoms with van der Waals surface area (Å²) in [5.41, 5.74) is 5.87. The molecule has 0 fully saturated rings. The largest absolute Gasteiger partial charge is 0.472 e. The molecule has 0 saturated heterocycles. The Morgan fingerprint density at radius 2 is 2.06 bits per heavy atom. The number of rotatable bonds is 4. The van der Waals surface area contributed by atoms with E-state index in [1.54, 1.807) is 18.8 Å². The van der Waals surface area contributed by atoms with Gasteiger partial charge in [0.25, 0.3) is 0 Å². The molecule has 0 amide bonds. The summed E-state index contributed by atoms with van der Waals surface area (Å²) >= 11 is 0. The number of nitrogens with two attached hydrogens (primary N) is 1. The molecule has 0 aliphatic rings. The Morgan fingerprint density at radius 1 is 1.17 bits per heavy atom. The molecular weight excluding hydrogens is 228 g/mol. The monoisotopic (exact) mass is 242 g/mol. The van der Waals surface area contributed by atoms with Crippen LogP contribution in [0.2, 0.25) is 0 Å². The van der Waals surface area contributed by atoms with Gasteiger partial charge in [-0.1, -0.05) is 18.2 Å². The van der Waals surface area contributed by atoms with E-state index in [0.29, 0.717) is 0 Å². The number of furan rings is 2. The number of nitrogens with one attached hydrogen (secondary N) is 1. The first-order chi connectivity index (χ1) is 8.88. The Labute approximate surface area is 104 Å². The lowest BCUT2D eigenvalue weighted by Gasteiger charge is -2.13. The molecule has 2 heterocycles. The summed E-state index contributed by atoms with van der Waals surface area (Å²) in [6, 6.07) is 9.87. The maximum atomic E-state index is 5.65. The minimum absolute atomic E-state index is 0.00579. The highest BCUT2D eigenvalue weighted by Crippen LogP contribution is 2.28. The second-order valence-electron chi connectivity index (χ2n) is 4.24. The zero-order valence-corrected chi connectivity index (χ0v) is 9.80. The summed E-state index contributed by atoms with van der Waals surface area (Å²) in [7, 11) is 0. The molecule has 1 unspecified atom stereocenters. The van der Waals surface area contributed by atoms with E-state index in [2.05, 4.69) is 5.43 Å². The fraction of sp³-hybridized carbons (Fsp3) is 0.143. The van der Waals surface area contributed by atoms with Crippen LogP contribution in [0, 0.1) is 0 Å². The van der Waals surface area contributed by atoms with Crippen LogP contribution in [0.4, 0.5) is 0 Å². The smallest absolute Gasteiger partial charge is 0.134 e. The van der Waals surface area contributed by atoms with Crippen molar-refractivity contribution < 1.29 is 8.83 Å². The minimum atomic E-state index is 0.00579. The third-order valence-electron chi connectivity index (χ3n) is 3.11. The normalized spacial score (nSPS) is 12.9. The van der Waals surface area contributed by atoms with Gasteiger partial charge in [-0.15, -0.1) is 0 Å². The highest BCUT2D eigenvalue weighted by Gasteiger charge is 2.16. The summed E-state index contributed by atoms with van der Waals surface area (Å²) in [4.78, 5) is 0. The topological polar surface area (TPSA) is 64.3 Å². The molecule has 1 atom stereocenters. The first-order valence-corrected chi connectivity index (χ1v) is 5.82. The van der Waals surface area contributed by atoms with Crippen molar-refractivity contribution in [1.29, 1.82) is 0 Å². The van der Waals surface area contributed by atoms with Crippen LogP contribution in [0.25, 0.3) is 11.0 Å². The molecule has 1 aromatic carbocycles. The molecule has 18 heavy (non-hydrogen) atoms. The van der Waals surface area contributed by atoms with Gasteiger partial charge in [0.05, 0.1) is 24.8 Å². The zero-order chi connectivity index (χ0) is 12.4. The minimum Gasteiger partial charge on any atom is -0.472 e. The van der Waals surface area contributed by atoms with Crippen LogP contribution in [0.3, 0.4) is 0 Å². The van der Waals surface area contributed by atoms with E-state index in [1.807, 2.05) is 30.3 Å². The van der Waals surface area contributed by atoms with Gasteiger partial charge in [0.15, 0.2) is 0 Å². The SMILES string of the molecule is NNC(Cc1ccoc1)c1coc2ccccc12. The molecule has 4 heteroatoms. The van der Waals surface area contributed by atoms with Gasteiger partial charge >= 0.3 is 0 Å². The van der Waals surface area contributed by atoms with Crippen molar-refractivity contribution in [2.24, 2.45) is 5.84 Å². The van der Waals surface area contributed by atoms with Crippen molar-refractivity contribution in [3.05, 3.63) is 60.2 Å². The van der Waals surface area contributed by atoms with Crippen LogP contribution in [-0.4, -0.2) is 0 Å². The van der Waals surface area contributed by atoms with Crippen molar-refractivity contribution in [1.82, 2.24) is 5.43 Å². The third kappa shape index (κ3) is 1.92. The molecule has 3 N–H and O–H groups in total.